The molecule has 0 aliphatic rings. The summed E-state index contributed by atoms with van der Waals surface area (Å²) in [6.45, 7) is 4.36. The number of aromatic nitrogens is 3. The van der Waals surface area contributed by atoms with Gasteiger partial charge in [0, 0.05) is 12.4 Å². The molecule has 2 heterocycles. The smallest absolute Gasteiger partial charge is 0.136 e. The van der Waals surface area contributed by atoms with Gasteiger partial charge in [-0.15, -0.1) is 0 Å². The molecular weight excluding hydrogens is 258 g/mol. The zero-order valence-corrected chi connectivity index (χ0v) is 11.7. The van der Waals surface area contributed by atoms with E-state index in [1.807, 2.05) is 26.0 Å². The monoisotopic (exact) mass is 273 g/mol. The van der Waals surface area contributed by atoms with E-state index in [1.165, 1.54) is 0 Å². The number of nitrogens with one attached hydrogen (secondary N) is 1. The molecule has 2 aromatic rings. The maximum absolute atomic E-state index is 5.73. The first kappa shape index (κ1) is 13.4. The van der Waals surface area contributed by atoms with E-state index in [9.17, 15) is 0 Å². The molecule has 0 aliphatic heterocycles. The van der Waals surface area contributed by atoms with Crippen LogP contribution in [-0.2, 0) is 6.54 Å². The summed E-state index contributed by atoms with van der Waals surface area (Å²) in [6, 6.07) is 3.74. The van der Waals surface area contributed by atoms with Crippen LogP contribution in [0.2, 0.25) is 0 Å². The number of rotatable bonds is 4. The lowest BCUT2D eigenvalue weighted by Crippen LogP contribution is -2.16. The molecule has 5 nitrogen and oxygen atoms in total. The third-order valence-corrected chi connectivity index (χ3v) is 2.88. The van der Waals surface area contributed by atoms with Crippen LogP contribution in [0.25, 0.3) is 0 Å². The SMILES string of the molecule is Cc1nccc(CNc2nccc(C)c2C(N)=S)n1. The van der Waals surface area contributed by atoms with Crippen molar-refractivity contribution in [2.45, 2.75) is 20.4 Å². The Labute approximate surface area is 117 Å². The molecular formula is C13H15N5S. The van der Waals surface area contributed by atoms with Gasteiger partial charge in [-0.1, -0.05) is 12.2 Å². The number of hydrogen-bond acceptors (Lipinski definition) is 5. The van der Waals surface area contributed by atoms with Gasteiger partial charge in [0.1, 0.15) is 16.6 Å². The van der Waals surface area contributed by atoms with Crippen molar-refractivity contribution in [2.75, 3.05) is 5.32 Å². The Morgan fingerprint density at radius 2 is 2.00 bits per heavy atom. The average molecular weight is 273 g/mol. The Kier molecular flexibility index (Phi) is 4.01. The topological polar surface area (TPSA) is 76.7 Å². The lowest BCUT2D eigenvalue weighted by atomic mass is 10.1. The van der Waals surface area contributed by atoms with Crippen molar-refractivity contribution in [1.82, 2.24) is 15.0 Å². The summed E-state index contributed by atoms with van der Waals surface area (Å²) in [7, 11) is 0. The minimum absolute atomic E-state index is 0.340. The van der Waals surface area contributed by atoms with Gasteiger partial charge in [0.05, 0.1) is 17.8 Å². The van der Waals surface area contributed by atoms with Gasteiger partial charge in [0.25, 0.3) is 0 Å². The zero-order valence-electron chi connectivity index (χ0n) is 10.8. The molecule has 0 bridgehead atoms. The van der Waals surface area contributed by atoms with Crippen molar-refractivity contribution in [1.29, 1.82) is 0 Å². The molecule has 6 heteroatoms. The lowest BCUT2D eigenvalue weighted by Gasteiger charge is -2.12. The molecule has 19 heavy (non-hydrogen) atoms. The summed E-state index contributed by atoms with van der Waals surface area (Å²) in [5.41, 5.74) is 8.41. The number of pyridine rings is 1. The van der Waals surface area contributed by atoms with Gasteiger partial charge in [0.15, 0.2) is 0 Å². The largest absolute Gasteiger partial charge is 0.389 e. The standard InChI is InChI=1S/C13H15N5S/c1-8-3-5-16-13(11(8)12(14)19)17-7-10-4-6-15-9(2)18-10/h3-6H,7H2,1-2H3,(H2,14,19)(H,16,17). The van der Waals surface area contributed by atoms with Gasteiger partial charge >= 0.3 is 0 Å². The Morgan fingerprint density at radius 3 is 2.68 bits per heavy atom. The number of aryl methyl sites for hydroxylation is 2. The van der Waals surface area contributed by atoms with Crippen LogP contribution in [0.1, 0.15) is 22.6 Å². The van der Waals surface area contributed by atoms with E-state index in [0.717, 1.165) is 22.6 Å². The van der Waals surface area contributed by atoms with Gasteiger partial charge in [0.2, 0.25) is 0 Å². The highest BCUT2D eigenvalue weighted by Gasteiger charge is 2.09. The fraction of sp³-hybridized carbons (Fsp3) is 0.231. The van der Waals surface area contributed by atoms with Crippen LogP contribution >= 0.6 is 12.2 Å². The normalized spacial score (nSPS) is 10.2. The van der Waals surface area contributed by atoms with E-state index in [2.05, 4.69) is 20.3 Å². The summed E-state index contributed by atoms with van der Waals surface area (Å²) in [4.78, 5) is 13.0. The molecule has 98 valence electrons. The van der Waals surface area contributed by atoms with Crippen LogP contribution < -0.4 is 11.1 Å². The summed E-state index contributed by atoms with van der Waals surface area (Å²) in [5.74, 6) is 1.43. The van der Waals surface area contributed by atoms with E-state index in [-0.39, 0.29) is 0 Å². The second-order valence-corrected chi connectivity index (χ2v) is 4.60. The molecule has 0 aromatic carbocycles. The quantitative estimate of drug-likeness (QED) is 0.826. The van der Waals surface area contributed by atoms with Crippen molar-refractivity contribution in [3.05, 3.63) is 47.2 Å². The molecule has 0 unspecified atom stereocenters. The van der Waals surface area contributed by atoms with Crippen LogP contribution in [0.5, 0.6) is 0 Å². The Bertz CT molecular complexity index is 612. The van der Waals surface area contributed by atoms with Crippen LogP contribution in [0.15, 0.2) is 24.5 Å². The van der Waals surface area contributed by atoms with Crippen LogP contribution in [-0.4, -0.2) is 19.9 Å². The van der Waals surface area contributed by atoms with Gasteiger partial charge in [-0.25, -0.2) is 15.0 Å². The van der Waals surface area contributed by atoms with Crippen molar-refractivity contribution >= 4 is 23.0 Å². The number of nitrogens with two attached hydrogens (primary N) is 1. The first-order chi connectivity index (χ1) is 9.08. The number of thiocarbonyl (C=S) groups is 1. The second kappa shape index (κ2) is 5.71. The maximum Gasteiger partial charge on any atom is 0.136 e. The van der Waals surface area contributed by atoms with Crippen molar-refractivity contribution in [3.8, 4) is 0 Å². The van der Waals surface area contributed by atoms with Crippen molar-refractivity contribution in [2.24, 2.45) is 5.73 Å². The molecule has 0 saturated heterocycles. The Balaban J connectivity index is 2.20. The lowest BCUT2D eigenvalue weighted by molar-refractivity contribution is 0.949. The first-order valence-electron chi connectivity index (χ1n) is 5.85. The minimum Gasteiger partial charge on any atom is -0.389 e. The van der Waals surface area contributed by atoms with Crippen LogP contribution in [0.4, 0.5) is 5.82 Å². The molecule has 0 amide bonds. The van der Waals surface area contributed by atoms with E-state index in [4.69, 9.17) is 18.0 Å². The third kappa shape index (κ3) is 3.23. The third-order valence-electron chi connectivity index (χ3n) is 2.68. The molecule has 2 aromatic heterocycles. The number of hydrogen-bond donors (Lipinski definition) is 2. The molecule has 0 saturated carbocycles. The highest BCUT2D eigenvalue weighted by molar-refractivity contribution is 7.80. The van der Waals surface area contributed by atoms with E-state index in [1.54, 1.807) is 12.4 Å². The molecule has 2 rings (SSSR count). The van der Waals surface area contributed by atoms with Gasteiger partial charge in [-0.3, -0.25) is 0 Å². The van der Waals surface area contributed by atoms with E-state index < -0.39 is 0 Å². The molecule has 3 N–H and O–H groups in total. The average Bonchev–Trinajstić information content (AvgIpc) is 2.36. The highest BCUT2D eigenvalue weighted by atomic mass is 32.1. The fourth-order valence-corrected chi connectivity index (χ4v) is 2.04. The summed E-state index contributed by atoms with van der Waals surface area (Å²) < 4.78 is 0. The van der Waals surface area contributed by atoms with Crippen molar-refractivity contribution < 1.29 is 0 Å². The molecule has 0 spiro atoms. The van der Waals surface area contributed by atoms with E-state index >= 15 is 0 Å². The molecule has 0 atom stereocenters. The molecule has 0 aliphatic carbocycles. The van der Waals surface area contributed by atoms with Gasteiger partial charge in [-0.2, -0.15) is 0 Å². The number of nitrogens with zero attached hydrogens (tertiary/aromatic N) is 3. The predicted molar refractivity (Wildman–Crippen MR) is 79.0 cm³/mol. The zero-order chi connectivity index (χ0) is 13.8. The van der Waals surface area contributed by atoms with E-state index in [0.29, 0.717) is 17.4 Å². The number of anilines is 1. The molecule has 0 fully saturated rings. The summed E-state index contributed by atoms with van der Waals surface area (Å²) >= 11 is 5.06. The minimum atomic E-state index is 0.340. The summed E-state index contributed by atoms with van der Waals surface area (Å²) in [6.07, 6.45) is 3.46. The maximum atomic E-state index is 5.73. The predicted octanol–water partition coefficient (Wildman–Crippen LogP) is 1.73. The first-order valence-corrected chi connectivity index (χ1v) is 6.26. The highest BCUT2D eigenvalue weighted by Crippen LogP contribution is 2.17. The Hall–Kier alpha value is -2.08. The van der Waals surface area contributed by atoms with Crippen LogP contribution in [0, 0.1) is 13.8 Å². The summed E-state index contributed by atoms with van der Waals surface area (Å²) in [5, 5.41) is 3.21. The van der Waals surface area contributed by atoms with Gasteiger partial charge < -0.3 is 11.1 Å². The van der Waals surface area contributed by atoms with Crippen LogP contribution in [0.3, 0.4) is 0 Å². The molecule has 0 radical (unpaired) electrons. The van der Waals surface area contributed by atoms with Gasteiger partial charge in [-0.05, 0) is 31.5 Å². The van der Waals surface area contributed by atoms with Crippen molar-refractivity contribution in [3.63, 3.8) is 0 Å². The second-order valence-electron chi connectivity index (χ2n) is 4.16. The Morgan fingerprint density at radius 1 is 1.26 bits per heavy atom. The fourth-order valence-electron chi connectivity index (χ4n) is 1.78.